The van der Waals surface area contributed by atoms with E-state index in [0.29, 0.717) is 47.7 Å². The molecule has 1 atom stereocenters. The summed E-state index contributed by atoms with van der Waals surface area (Å²) in [7, 11) is 0. The van der Waals surface area contributed by atoms with E-state index in [0.717, 1.165) is 49.2 Å². The highest BCUT2D eigenvalue weighted by molar-refractivity contribution is 6.30. The third-order valence-corrected chi connectivity index (χ3v) is 9.56. The summed E-state index contributed by atoms with van der Waals surface area (Å²) in [6.45, 7) is 7.54. The van der Waals surface area contributed by atoms with Crippen molar-refractivity contribution in [2.75, 3.05) is 44.2 Å². The Morgan fingerprint density at radius 3 is 2.25 bits per heavy atom. The summed E-state index contributed by atoms with van der Waals surface area (Å²) in [5.41, 5.74) is 3.37. The average molecular weight is 669 g/mol. The zero-order valence-corrected chi connectivity index (χ0v) is 28.2. The number of nitrogens with one attached hydrogen (secondary N) is 1. The van der Waals surface area contributed by atoms with E-state index in [1.807, 2.05) is 61.2 Å². The second kappa shape index (κ2) is 14.6. The van der Waals surface area contributed by atoms with Gasteiger partial charge in [0, 0.05) is 62.5 Å². The number of benzene rings is 3. The highest BCUT2D eigenvalue weighted by Gasteiger charge is 2.31. The van der Waals surface area contributed by atoms with Crippen molar-refractivity contribution >= 4 is 46.0 Å². The Hall–Kier alpha value is -4.63. The first-order chi connectivity index (χ1) is 23.2. The van der Waals surface area contributed by atoms with Crippen LogP contribution in [0.2, 0.25) is 5.02 Å². The van der Waals surface area contributed by atoms with Gasteiger partial charge in [0.05, 0.1) is 10.9 Å². The summed E-state index contributed by atoms with van der Waals surface area (Å²) in [6.07, 6.45) is 3.42. The second-order valence-electron chi connectivity index (χ2n) is 12.9. The maximum Gasteiger partial charge on any atom is 0.287 e. The molecule has 4 aromatic rings. The molecule has 0 spiro atoms. The first-order valence-corrected chi connectivity index (χ1v) is 17.1. The van der Waals surface area contributed by atoms with Crippen molar-refractivity contribution in [1.29, 1.82) is 0 Å². The Morgan fingerprint density at radius 1 is 0.833 bits per heavy atom. The predicted molar refractivity (Wildman–Crippen MR) is 188 cm³/mol. The van der Waals surface area contributed by atoms with Gasteiger partial charge in [0.25, 0.3) is 11.8 Å². The molecule has 48 heavy (non-hydrogen) atoms. The van der Waals surface area contributed by atoms with Gasteiger partial charge in [-0.05, 0) is 72.7 Å². The third-order valence-electron chi connectivity index (χ3n) is 9.31. The predicted octanol–water partition coefficient (Wildman–Crippen LogP) is 5.89. The van der Waals surface area contributed by atoms with Gasteiger partial charge in [-0.2, -0.15) is 0 Å². The van der Waals surface area contributed by atoms with Crippen LogP contribution in [0.25, 0.3) is 11.0 Å². The van der Waals surface area contributed by atoms with Crippen molar-refractivity contribution in [1.82, 2.24) is 15.1 Å². The summed E-state index contributed by atoms with van der Waals surface area (Å²) in [4.78, 5) is 59.9. The van der Waals surface area contributed by atoms with E-state index in [1.54, 1.807) is 29.2 Å². The highest BCUT2D eigenvalue weighted by atomic mass is 35.5. The SMILES string of the molecule is CC(C)c1ccc2oc(C(=O)N[C@H](Cc3ccc(Cl)cc3)C(=O)N3CCN(c4ccccc4C(=O)N4CCCCC4)CC3)cc(=O)c2c1. The van der Waals surface area contributed by atoms with E-state index in [1.165, 1.54) is 6.07 Å². The summed E-state index contributed by atoms with van der Waals surface area (Å²) >= 11 is 6.11. The molecule has 6 rings (SSSR count). The maximum absolute atomic E-state index is 14.1. The normalized spacial score (nSPS) is 15.9. The first-order valence-electron chi connectivity index (χ1n) is 16.7. The van der Waals surface area contributed by atoms with E-state index < -0.39 is 11.9 Å². The number of carbonyl (C=O) groups excluding carboxylic acids is 3. The van der Waals surface area contributed by atoms with Crippen molar-refractivity contribution in [3.05, 3.63) is 110 Å². The largest absolute Gasteiger partial charge is 0.451 e. The lowest BCUT2D eigenvalue weighted by molar-refractivity contribution is -0.133. The Kier molecular flexibility index (Phi) is 10.2. The molecule has 0 unspecified atom stereocenters. The fourth-order valence-corrected chi connectivity index (χ4v) is 6.64. The van der Waals surface area contributed by atoms with Gasteiger partial charge < -0.3 is 24.4 Å². The van der Waals surface area contributed by atoms with Crippen LogP contribution in [0.4, 0.5) is 5.69 Å². The molecule has 2 fully saturated rings. The highest BCUT2D eigenvalue weighted by Crippen LogP contribution is 2.26. The molecule has 2 aliphatic rings. The number of piperidine rings is 1. The number of hydrogen-bond donors (Lipinski definition) is 1. The van der Waals surface area contributed by atoms with Crippen LogP contribution in [0, 0.1) is 0 Å². The smallest absolute Gasteiger partial charge is 0.287 e. The van der Waals surface area contributed by atoms with Gasteiger partial charge in [-0.1, -0.05) is 55.8 Å². The standard InChI is InChI=1S/C38H41ClN4O5/c1-25(2)27-12-15-34-30(23-27)33(44)24-35(48-34)36(45)40-31(22-26-10-13-28(39)14-11-26)38(47)43-20-18-41(19-21-43)32-9-5-4-8-29(32)37(46)42-16-6-3-7-17-42/h4-5,8-15,23-25,31H,3,6-7,16-22H2,1-2H3,(H,40,45)/t31-/m1/s1. The summed E-state index contributed by atoms with van der Waals surface area (Å²) in [6, 6.07) is 20.5. The molecule has 3 amide bonds. The van der Waals surface area contributed by atoms with Crippen molar-refractivity contribution in [3.8, 4) is 0 Å². The minimum absolute atomic E-state index is 0.0512. The third kappa shape index (κ3) is 7.41. The average Bonchev–Trinajstić information content (AvgIpc) is 3.11. The Balaban J connectivity index is 1.19. The van der Waals surface area contributed by atoms with E-state index in [9.17, 15) is 19.2 Å². The van der Waals surface area contributed by atoms with Crippen LogP contribution in [0.3, 0.4) is 0 Å². The number of piperazine rings is 1. The molecule has 0 bridgehead atoms. The molecule has 0 saturated carbocycles. The number of rotatable bonds is 8. The number of nitrogens with zero attached hydrogens (tertiary/aromatic N) is 3. The fraction of sp³-hybridized carbons (Fsp3) is 0.368. The zero-order chi connectivity index (χ0) is 33.8. The summed E-state index contributed by atoms with van der Waals surface area (Å²) < 4.78 is 5.88. The fourth-order valence-electron chi connectivity index (χ4n) is 6.52. The number of hydrogen-bond acceptors (Lipinski definition) is 6. The van der Waals surface area contributed by atoms with Gasteiger partial charge in [-0.3, -0.25) is 19.2 Å². The molecular weight excluding hydrogens is 628 g/mol. The van der Waals surface area contributed by atoms with E-state index in [4.69, 9.17) is 16.0 Å². The summed E-state index contributed by atoms with van der Waals surface area (Å²) in [5, 5.41) is 3.83. The van der Waals surface area contributed by atoms with Crippen molar-refractivity contribution in [3.63, 3.8) is 0 Å². The van der Waals surface area contributed by atoms with Crippen molar-refractivity contribution < 1.29 is 18.8 Å². The van der Waals surface area contributed by atoms with Gasteiger partial charge in [-0.15, -0.1) is 0 Å². The quantitative estimate of drug-likeness (QED) is 0.251. The topological polar surface area (TPSA) is 103 Å². The lowest BCUT2D eigenvalue weighted by Crippen LogP contribution is -2.56. The number of carbonyl (C=O) groups is 3. The van der Waals surface area contributed by atoms with Crippen LogP contribution in [0.5, 0.6) is 0 Å². The second-order valence-corrected chi connectivity index (χ2v) is 13.4. The van der Waals surface area contributed by atoms with Gasteiger partial charge in [0.15, 0.2) is 11.2 Å². The molecule has 0 radical (unpaired) electrons. The van der Waals surface area contributed by atoms with Gasteiger partial charge in [-0.25, -0.2) is 0 Å². The molecule has 3 heterocycles. The first kappa shape index (κ1) is 33.3. The van der Waals surface area contributed by atoms with Crippen LogP contribution in [-0.2, 0) is 11.2 Å². The van der Waals surface area contributed by atoms with Crippen LogP contribution < -0.4 is 15.6 Å². The molecule has 1 aromatic heterocycles. The van der Waals surface area contributed by atoms with Crippen molar-refractivity contribution in [2.24, 2.45) is 0 Å². The van der Waals surface area contributed by atoms with E-state index >= 15 is 0 Å². The number of anilines is 1. The molecule has 2 aliphatic heterocycles. The van der Waals surface area contributed by atoms with Gasteiger partial charge in [0.1, 0.15) is 11.6 Å². The maximum atomic E-state index is 14.1. The molecule has 1 N–H and O–H groups in total. The van der Waals surface area contributed by atoms with E-state index in [2.05, 4.69) is 10.2 Å². The number of likely N-dealkylation sites (tertiary alicyclic amines) is 1. The number of amides is 3. The molecule has 10 heteroatoms. The van der Waals surface area contributed by atoms with Crippen molar-refractivity contribution in [2.45, 2.75) is 51.5 Å². The molecule has 9 nitrogen and oxygen atoms in total. The molecule has 0 aliphatic carbocycles. The number of halogens is 1. The van der Waals surface area contributed by atoms with Crippen LogP contribution >= 0.6 is 11.6 Å². The lowest BCUT2D eigenvalue weighted by Gasteiger charge is -2.38. The van der Waals surface area contributed by atoms with Crippen LogP contribution in [0.1, 0.15) is 71.1 Å². The minimum Gasteiger partial charge on any atom is -0.451 e. The Labute approximate surface area is 285 Å². The number of fused-ring (bicyclic) bond motifs is 1. The molecule has 250 valence electrons. The van der Waals surface area contributed by atoms with Crippen LogP contribution in [0.15, 0.2) is 82.0 Å². The van der Waals surface area contributed by atoms with Gasteiger partial charge >= 0.3 is 0 Å². The minimum atomic E-state index is -0.914. The molecular formula is C38H41ClN4O5. The Bertz CT molecular complexity index is 1860. The number of para-hydroxylation sites is 1. The lowest BCUT2D eigenvalue weighted by atomic mass is 10.0. The molecule has 2 saturated heterocycles. The summed E-state index contributed by atoms with van der Waals surface area (Å²) in [5.74, 6) is -0.748. The Morgan fingerprint density at radius 2 is 1.54 bits per heavy atom. The molecule has 3 aromatic carbocycles. The van der Waals surface area contributed by atoms with Gasteiger partial charge in [0.2, 0.25) is 5.91 Å². The monoisotopic (exact) mass is 668 g/mol. The van der Waals surface area contributed by atoms with Crippen LogP contribution in [-0.4, -0.2) is 72.8 Å². The zero-order valence-electron chi connectivity index (χ0n) is 27.4. The van der Waals surface area contributed by atoms with E-state index in [-0.39, 0.29) is 35.3 Å².